The molecule has 0 aliphatic heterocycles. The maximum atomic E-state index is 12.5. The summed E-state index contributed by atoms with van der Waals surface area (Å²) < 4.78 is 6.04. The lowest BCUT2D eigenvalue weighted by molar-refractivity contribution is 0.0526. The van der Waals surface area contributed by atoms with Gasteiger partial charge in [-0.15, -0.1) is 5.10 Å². The number of H-pyrrole nitrogens is 2. The summed E-state index contributed by atoms with van der Waals surface area (Å²) in [6.45, 7) is 1.89. The molecule has 28 heavy (non-hydrogen) atoms. The fraction of sp³-hybridized carbons (Fsp3) is 0.105. The van der Waals surface area contributed by atoms with Crippen molar-refractivity contribution in [3.8, 4) is 17.2 Å². The Hall–Kier alpha value is -4.01. The van der Waals surface area contributed by atoms with E-state index in [9.17, 15) is 14.4 Å². The van der Waals surface area contributed by atoms with Gasteiger partial charge in [-0.25, -0.2) is 14.6 Å². The molecule has 0 saturated carbocycles. The molecule has 2 aromatic heterocycles. The fourth-order valence-corrected chi connectivity index (χ4v) is 2.82. The van der Waals surface area contributed by atoms with Crippen LogP contribution in [0.25, 0.3) is 28.2 Å². The number of nitrogens with one attached hydrogen (secondary N) is 2. The molecular weight excluding hydrogens is 362 g/mol. The fourth-order valence-electron chi connectivity index (χ4n) is 2.82. The normalized spacial score (nSPS) is 10.9. The first-order valence-electron chi connectivity index (χ1n) is 8.54. The molecule has 9 heteroatoms. The third kappa shape index (κ3) is 2.98. The van der Waals surface area contributed by atoms with Gasteiger partial charge in [-0.2, -0.15) is 4.68 Å². The second-order valence-corrected chi connectivity index (χ2v) is 5.86. The van der Waals surface area contributed by atoms with Gasteiger partial charge in [-0.1, -0.05) is 24.3 Å². The van der Waals surface area contributed by atoms with Crippen LogP contribution < -0.4 is 11.2 Å². The predicted octanol–water partition coefficient (Wildman–Crippen LogP) is 1.64. The zero-order valence-corrected chi connectivity index (χ0v) is 14.8. The van der Waals surface area contributed by atoms with Gasteiger partial charge in [0, 0.05) is 0 Å². The molecule has 0 unspecified atom stereocenters. The maximum absolute atomic E-state index is 12.5. The summed E-state index contributed by atoms with van der Waals surface area (Å²) in [4.78, 5) is 46.6. The summed E-state index contributed by atoms with van der Waals surface area (Å²) >= 11 is 0. The number of benzene rings is 2. The molecule has 140 valence electrons. The maximum Gasteiger partial charge on any atom is 0.348 e. The second-order valence-electron chi connectivity index (χ2n) is 5.86. The number of para-hydroxylation sites is 3. The molecule has 0 atom stereocenters. The Kier molecular flexibility index (Phi) is 4.32. The summed E-state index contributed by atoms with van der Waals surface area (Å²) in [5, 5.41) is 4.18. The van der Waals surface area contributed by atoms with E-state index in [-0.39, 0.29) is 29.4 Å². The average molecular weight is 377 g/mol. The summed E-state index contributed by atoms with van der Waals surface area (Å²) in [7, 11) is 0. The smallest absolute Gasteiger partial charge is 0.348 e. The Bertz CT molecular complexity index is 1300. The highest BCUT2D eigenvalue weighted by Crippen LogP contribution is 2.16. The molecule has 2 N–H and O–H groups in total. The monoisotopic (exact) mass is 377 g/mol. The molecule has 2 heterocycles. The molecule has 9 nitrogen and oxygen atoms in total. The Labute approximate surface area is 157 Å². The van der Waals surface area contributed by atoms with E-state index >= 15 is 0 Å². The van der Waals surface area contributed by atoms with Crippen molar-refractivity contribution in [2.24, 2.45) is 0 Å². The topological polar surface area (TPSA) is 123 Å². The Balaban J connectivity index is 1.86. The minimum atomic E-state index is -0.610. The summed E-state index contributed by atoms with van der Waals surface area (Å²) in [6.07, 6.45) is 0. The molecule has 0 aliphatic rings. The number of rotatable bonds is 4. The van der Waals surface area contributed by atoms with Crippen LogP contribution in [0.3, 0.4) is 0 Å². The Morgan fingerprint density at radius 2 is 1.82 bits per heavy atom. The molecule has 2 aromatic carbocycles. The zero-order valence-electron chi connectivity index (χ0n) is 14.8. The molecule has 4 rings (SSSR count). The van der Waals surface area contributed by atoms with Crippen LogP contribution >= 0.6 is 0 Å². The van der Waals surface area contributed by atoms with Crippen molar-refractivity contribution in [2.75, 3.05) is 6.61 Å². The van der Waals surface area contributed by atoms with Crippen LogP contribution in [0.1, 0.15) is 17.3 Å². The Morgan fingerprint density at radius 3 is 2.64 bits per heavy atom. The van der Waals surface area contributed by atoms with Crippen molar-refractivity contribution in [2.45, 2.75) is 6.92 Å². The molecule has 4 aromatic rings. The number of hydrogen-bond donors (Lipinski definition) is 2. The molecular formula is C19H15N5O4. The van der Waals surface area contributed by atoms with E-state index in [1.807, 2.05) is 0 Å². The highest BCUT2D eigenvalue weighted by atomic mass is 16.5. The molecule has 0 radical (unpaired) electrons. The van der Waals surface area contributed by atoms with E-state index in [4.69, 9.17) is 4.74 Å². The minimum Gasteiger partial charge on any atom is -0.462 e. The van der Waals surface area contributed by atoms with Crippen molar-refractivity contribution < 1.29 is 9.53 Å². The lowest BCUT2D eigenvalue weighted by Crippen LogP contribution is -2.19. The first-order chi connectivity index (χ1) is 13.6. The predicted molar refractivity (Wildman–Crippen MR) is 101 cm³/mol. The highest BCUT2D eigenvalue weighted by molar-refractivity contribution is 5.93. The number of aromatic amines is 2. The van der Waals surface area contributed by atoms with Gasteiger partial charge in [0.1, 0.15) is 0 Å². The molecule has 0 aliphatic carbocycles. The number of nitrogens with zero attached hydrogens (tertiary/aromatic N) is 3. The first-order valence-corrected chi connectivity index (χ1v) is 8.54. The summed E-state index contributed by atoms with van der Waals surface area (Å²) in [5.74, 6) is -0.577. The first kappa shape index (κ1) is 17.4. The number of esters is 1. The number of hydrogen-bond acceptors (Lipinski definition) is 6. The molecule has 0 fully saturated rings. The third-order valence-electron chi connectivity index (χ3n) is 4.07. The average Bonchev–Trinajstić information content (AvgIpc) is 3.09. The van der Waals surface area contributed by atoms with Gasteiger partial charge in [0.25, 0.3) is 5.56 Å². The highest BCUT2D eigenvalue weighted by Gasteiger charge is 2.19. The van der Waals surface area contributed by atoms with Crippen LogP contribution in [0.4, 0.5) is 0 Å². The van der Waals surface area contributed by atoms with Crippen LogP contribution in [0, 0.1) is 0 Å². The number of carbonyl (C=O) groups excluding carboxylic acids is 1. The van der Waals surface area contributed by atoms with Gasteiger partial charge in [0.2, 0.25) is 0 Å². The van der Waals surface area contributed by atoms with E-state index in [1.165, 1.54) is 6.07 Å². The third-order valence-corrected chi connectivity index (χ3v) is 4.07. The minimum absolute atomic E-state index is 0.00401. The molecule has 0 saturated heterocycles. The van der Waals surface area contributed by atoms with Crippen LogP contribution in [-0.4, -0.2) is 37.3 Å². The van der Waals surface area contributed by atoms with E-state index in [0.717, 1.165) is 4.68 Å². The van der Waals surface area contributed by atoms with Crippen LogP contribution in [-0.2, 0) is 4.74 Å². The van der Waals surface area contributed by atoms with Crippen molar-refractivity contribution >= 4 is 17.0 Å². The number of fused-ring (bicyclic) bond motifs is 1. The lowest BCUT2D eigenvalue weighted by Gasteiger charge is -2.07. The summed E-state index contributed by atoms with van der Waals surface area (Å²) in [6, 6.07) is 13.5. The molecule has 0 amide bonds. The SMILES string of the molecule is CCOC(=O)c1ccccc1-n1nc(-c2nc3ccccc3[nH]c2=O)[nH]c1=O. The largest absolute Gasteiger partial charge is 0.462 e. The quantitative estimate of drug-likeness (QED) is 0.521. The van der Waals surface area contributed by atoms with Gasteiger partial charge < -0.3 is 9.72 Å². The van der Waals surface area contributed by atoms with Gasteiger partial charge in [-0.3, -0.25) is 9.78 Å². The van der Waals surface area contributed by atoms with Crippen molar-refractivity contribution in [1.29, 1.82) is 0 Å². The van der Waals surface area contributed by atoms with Gasteiger partial charge in [0.05, 0.1) is 28.9 Å². The van der Waals surface area contributed by atoms with Crippen LogP contribution in [0.2, 0.25) is 0 Å². The van der Waals surface area contributed by atoms with Crippen molar-refractivity contribution in [3.63, 3.8) is 0 Å². The van der Waals surface area contributed by atoms with Crippen molar-refractivity contribution in [1.82, 2.24) is 24.7 Å². The van der Waals surface area contributed by atoms with Gasteiger partial charge in [-0.05, 0) is 31.2 Å². The Morgan fingerprint density at radius 1 is 1.07 bits per heavy atom. The van der Waals surface area contributed by atoms with E-state index in [1.54, 1.807) is 49.4 Å². The summed E-state index contributed by atoms with van der Waals surface area (Å²) in [5.41, 5.74) is 0.434. The van der Waals surface area contributed by atoms with E-state index in [0.29, 0.717) is 11.0 Å². The van der Waals surface area contributed by atoms with Crippen LogP contribution in [0.5, 0.6) is 0 Å². The molecule has 0 bridgehead atoms. The van der Waals surface area contributed by atoms with Gasteiger partial charge in [0.15, 0.2) is 11.5 Å². The number of ether oxygens (including phenoxy) is 1. The van der Waals surface area contributed by atoms with E-state index < -0.39 is 17.2 Å². The number of carbonyl (C=O) groups is 1. The van der Waals surface area contributed by atoms with Gasteiger partial charge >= 0.3 is 11.7 Å². The number of aromatic nitrogens is 5. The lowest BCUT2D eigenvalue weighted by atomic mass is 10.2. The zero-order chi connectivity index (χ0) is 19.7. The van der Waals surface area contributed by atoms with Crippen LogP contribution in [0.15, 0.2) is 58.1 Å². The second kappa shape index (κ2) is 6.95. The van der Waals surface area contributed by atoms with E-state index in [2.05, 4.69) is 20.1 Å². The standard InChI is InChI=1S/C19H15N5O4/c1-2-28-18(26)11-7-3-6-10-14(11)24-19(27)22-16(23-24)15-17(25)21-13-9-5-4-8-12(13)20-15/h3-10H,2H2,1H3,(H,21,25)(H,22,23,27). The molecule has 0 spiro atoms. The van der Waals surface area contributed by atoms with Crippen molar-refractivity contribution in [3.05, 3.63) is 74.9 Å².